The summed E-state index contributed by atoms with van der Waals surface area (Å²) < 4.78 is 38.7. The summed E-state index contributed by atoms with van der Waals surface area (Å²) in [5, 5.41) is 11.2. The van der Waals surface area contributed by atoms with Gasteiger partial charge in [-0.3, -0.25) is 19.1 Å². The fourth-order valence-corrected chi connectivity index (χ4v) is 9.43. The van der Waals surface area contributed by atoms with Crippen LogP contribution >= 0.6 is 11.3 Å². The molecule has 3 saturated carbocycles. The first-order chi connectivity index (χ1) is 26.1. The summed E-state index contributed by atoms with van der Waals surface area (Å²) in [5.41, 5.74) is -0.707. The number of ether oxygens (including phenoxy) is 2. The smallest absolute Gasteiger partial charge is 0.408 e. The van der Waals surface area contributed by atoms with Crippen LogP contribution in [0.25, 0.3) is 10.4 Å². The van der Waals surface area contributed by atoms with Crippen LogP contribution in [0.15, 0.2) is 53.5 Å². The molecule has 1 aromatic carbocycles. The molecular formula is C39H51N5O9S2. The number of carbonyl (C=O) groups is 4. The molecule has 4 amide bonds. The van der Waals surface area contributed by atoms with E-state index in [1.54, 1.807) is 45.4 Å². The van der Waals surface area contributed by atoms with E-state index in [0.717, 1.165) is 48.1 Å². The van der Waals surface area contributed by atoms with Crippen molar-refractivity contribution in [3.63, 3.8) is 0 Å². The van der Waals surface area contributed by atoms with Crippen molar-refractivity contribution in [3.8, 4) is 16.2 Å². The minimum Gasteiger partial charge on any atom is -0.497 e. The number of sulfonamides is 1. The number of amides is 4. The highest BCUT2D eigenvalue weighted by Gasteiger charge is 2.62. The van der Waals surface area contributed by atoms with E-state index in [1.165, 1.54) is 11.0 Å². The van der Waals surface area contributed by atoms with Gasteiger partial charge in [0.05, 0.1) is 25.1 Å². The number of nitrogens with one attached hydrogen (secondary N) is 3. The highest BCUT2D eigenvalue weighted by atomic mass is 32.2. The van der Waals surface area contributed by atoms with E-state index in [0.29, 0.717) is 18.6 Å². The normalized spacial score (nSPS) is 24.8. The predicted octanol–water partition coefficient (Wildman–Crippen LogP) is 4.89. The molecule has 1 aromatic heterocycles. The third kappa shape index (κ3) is 9.34. The number of rotatable bonds is 14. The van der Waals surface area contributed by atoms with Gasteiger partial charge in [0.25, 0.3) is 5.91 Å². The maximum atomic E-state index is 14.5. The second kappa shape index (κ2) is 16.3. The fourth-order valence-electron chi connectivity index (χ4n) is 7.29. The lowest BCUT2D eigenvalue weighted by Crippen LogP contribution is -2.60. The molecule has 6 rings (SSSR count). The van der Waals surface area contributed by atoms with Gasteiger partial charge in [0.15, 0.2) is 0 Å². The molecule has 1 aliphatic heterocycles. The van der Waals surface area contributed by atoms with E-state index in [2.05, 4.69) is 27.1 Å². The molecule has 1 saturated heterocycles. The van der Waals surface area contributed by atoms with Gasteiger partial charge in [-0.05, 0) is 80.0 Å². The van der Waals surface area contributed by atoms with Crippen molar-refractivity contribution in [2.75, 3.05) is 13.7 Å². The zero-order valence-electron chi connectivity index (χ0n) is 31.7. The second-order valence-electron chi connectivity index (χ2n) is 15.9. The number of hydrogen-bond donors (Lipinski definition) is 3. The van der Waals surface area contributed by atoms with Gasteiger partial charge in [0.2, 0.25) is 21.8 Å². The van der Waals surface area contributed by atoms with Crippen LogP contribution in [0, 0.1) is 11.3 Å². The average molecular weight is 798 g/mol. The molecule has 5 atom stereocenters. The summed E-state index contributed by atoms with van der Waals surface area (Å²) in [6, 6.07) is 7.31. The minimum absolute atomic E-state index is 0.00498. The third-order valence-electron chi connectivity index (χ3n) is 10.7. The van der Waals surface area contributed by atoms with Crippen LogP contribution in [0.3, 0.4) is 0 Å². The highest BCUT2D eigenvalue weighted by Crippen LogP contribution is 2.45. The van der Waals surface area contributed by atoms with E-state index < -0.39 is 74.1 Å². The van der Waals surface area contributed by atoms with Crippen LogP contribution in [-0.2, 0) is 34.0 Å². The van der Waals surface area contributed by atoms with Gasteiger partial charge in [-0.25, -0.2) is 13.2 Å². The Morgan fingerprint density at radius 1 is 1.07 bits per heavy atom. The number of alkyl carbamates (subject to hydrolysis) is 1. The summed E-state index contributed by atoms with van der Waals surface area (Å²) in [5.74, 6) is -1.95. The lowest BCUT2D eigenvalue weighted by molar-refractivity contribution is -0.143. The number of nitrogens with zero attached hydrogens (tertiary/aromatic N) is 2. The van der Waals surface area contributed by atoms with Gasteiger partial charge in [-0.1, -0.05) is 44.5 Å². The number of likely N-dealkylation sites (tertiary alicyclic amines) is 1. The standard InChI is InChI=1S/C39H51N5O9S2/c1-6-25-21-39(25,36(47)43-55(49,50)29-15-16-29)42-34(45)31-20-28(53-40-22-24-19-27(51-5)14-17-30(24)32-13-10-18-54-32)23-44(31)35(46)33(38(2,3)4)41-37(48)52-26-11-8-7-9-12-26/h6,10,13-14,17-19,22,25-26,28-29,31,33H,1,7-9,11-12,15-16,20-21,23H2,2-5H3,(H,41,48)(H,42,45)(H,43,47)/b40-22+/t25-,28-,31+,33-,39+/m1/s1. The quantitative estimate of drug-likeness (QED) is 0.136. The Hall–Kier alpha value is -4.44. The largest absolute Gasteiger partial charge is 0.497 e. The maximum absolute atomic E-state index is 14.5. The maximum Gasteiger partial charge on any atom is 0.408 e. The zero-order valence-corrected chi connectivity index (χ0v) is 33.4. The van der Waals surface area contributed by atoms with Crippen LogP contribution in [0.5, 0.6) is 5.75 Å². The summed E-state index contributed by atoms with van der Waals surface area (Å²) in [6.45, 7) is 9.13. The minimum atomic E-state index is -3.90. The van der Waals surface area contributed by atoms with Crippen LogP contribution < -0.4 is 20.1 Å². The van der Waals surface area contributed by atoms with Crippen LogP contribution in [0.1, 0.15) is 84.1 Å². The van der Waals surface area contributed by atoms with Crippen molar-refractivity contribution < 1.29 is 41.9 Å². The van der Waals surface area contributed by atoms with Crippen molar-refractivity contribution in [2.24, 2.45) is 16.5 Å². The Bertz CT molecular complexity index is 1900. The summed E-state index contributed by atoms with van der Waals surface area (Å²) in [4.78, 5) is 63.8. The first-order valence-electron chi connectivity index (χ1n) is 18.8. The SMILES string of the molecule is C=C[C@@H]1C[C@@]1(NC(=O)[C@@H]1C[C@@H](O/N=C/c2cc(OC)ccc2-c2cccs2)CN1C(=O)[C@@H](NC(=O)OC1CCCCC1)C(C)(C)C)C(=O)NS(=O)(=O)C1CC1. The van der Waals surface area contributed by atoms with Crippen molar-refractivity contribution in [1.29, 1.82) is 0 Å². The van der Waals surface area contributed by atoms with Gasteiger partial charge in [0, 0.05) is 28.3 Å². The van der Waals surface area contributed by atoms with Gasteiger partial charge in [-0.15, -0.1) is 17.9 Å². The van der Waals surface area contributed by atoms with Crippen molar-refractivity contribution in [3.05, 3.63) is 53.9 Å². The first kappa shape index (κ1) is 40.2. The Kier molecular flexibility index (Phi) is 12.0. The van der Waals surface area contributed by atoms with E-state index >= 15 is 0 Å². The van der Waals surface area contributed by atoms with Gasteiger partial charge in [-0.2, -0.15) is 0 Å². The summed E-state index contributed by atoms with van der Waals surface area (Å²) >= 11 is 1.57. The molecule has 55 heavy (non-hydrogen) atoms. The summed E-state index contributed by atoms with van der Waals surface area (Å²) in [7, 11) is -2.33. The lowest BCUT2D eigenvalue weighted by atomic mass is 9.85. The lowest BCUT2D eigenvalue weighted by Gasteiger charge is -2.35. The molecule has 0 radical (unpaired) electrons. The van der Waals surface area contributed by atoms with E-state index in [9.17, 15) is 27.6 Å². The molecule has 4 aliphatic rings. The fraction of sp³-hybridized carbons (Fsp3) is 0.564. The molecule has 2 aromatic rings. The number of hydrogen-bond acceptors (Lipinski definition) is 11. The highest BCUT2D eigenvalue weighted by molar-refractivity contribution is 7.91. The van der Waals surface area contributed by atoms with Gasteiger partial charge >= 0.3 is 6.09 Å². The monoisotopic (exact) mass is 797 g/mol. The van der Waals surface area contributed by atoms with E-state index in [1.807, 2.05) is 35.7 Å². The molecule has 3 aliphatic carbocycles. The molecule has 14 nitrogen and oxygen atoms in total. The van der Waals surface area contributed by atoms with Gasteiger partial charge < -0.3 is 29.8 Å². The average Bonchev–Trinajstić information content (AvgIpc) is 4.02. The molecular weight excluding hydrogens is 747 g/mol. The molecule has 298 valence electrons. The Morgan fingerprint density at radius 3 is 2.44 bits per heavy atom. The van der Waals surface area contributed by atoms with E-state index in [4.69, 9.17) is 14.3 Å². The van der Waals surface area contributed by atoms with Crippen molar-refractivity contribution in [1.82, 2.24) is 20.3 Å². The zero-order chi connectivity index (χ0) is 39.5. The molecule has 2 heterocycles. The second-order valence-corrected chi connectivity index (χ2v) is 18.8. The molecule has 3 N–H and O–H groups in total. The number of benzene rings is 1. The Labute approximate surface area is 326 Å². The number of thiophene rings is 1. The van der Waals surface area contributed by atoms with Crippen LogP contribution in [-0.4, -0.2) is 92.1 Å². The summed E-state index contributed by atoms with van der Waals surface area (Å²) in [6.07, 6.45) is 6.92. The Balaban J connectivity index is 1.24. The van der Waals surface area contributed by atoms with Crippen molar-refractivity contribution >= 4 is 51.4 Å². The molecule has 0 bridgehead atoms. The number of oxime groups is 1. The Morgan fingerprint density at radius 2 is 1.82 bits per heavy atom. The molecule has 4 fully saturated rings. The number of carbonyl (C=O) groups excluding carboxylic acids is 4. The van der Waals surface area contributed by atoms with Crippen LogP contribution in [0.4, 0.5) is 4.79 Å². The first-order valence-corrected chi connectivity index (χ1v) is 21.3. The molecule has 0 unspecified atom stereocenters. The van der Waals surface area contributed by atoms with Gasteiger partial charge in [0.1, 0.15) is 35.6 Å². The van der Waals surface area contributed by atoms with Crippen LogP contribution in [0.2, 0.25) is 0 Å². The predicted molar refractivity (Wildman–Crippen MR) is 208 cm³/mol. The third-order valence-corrected chi connectivity index (χ3v) is 13.5. The topological polar surface area (TPSA) is 182 Å². The van der Waals surface area contributed by atoms with Crippen molar-refractivity contribution in [2.45, 2.75) is 114 Å². The molecule has 16 heteroatoms. The molecule has 0 spiro atoms. The van der Waals surface area contributed by atoms with E-state index in [-0.39, 0.29) is 25.5 Å². The number of methoxy groups -OCH3 is 1.